The van der Waals surface area contributed by atoms with Gasteiger partial charge in [-0.2, -0.15) is 0 Å². The van der Waals surface area contributed by atoms with E-state index in [1.165, 1.54) is 136 Å². The van der Waals surface area contributed by atoms with Gasteiger partial charge in [0, 0.05) is 51.1 Å². The molecule has 0 N–H and O–H groups in total. The molecule has 16 aromatic rings. The predicted molar refractivity (Wildman–Crippen MR) is 474 cm³/mol. The van der Waals surface area contributed by atoms with Crippen molar-refractivity contribution in [3.05, 3.63) is 391 Å². The van der Waals surface area contributed by atoms with E-state index in [0.29, 0.717) is 0 Å². The monoisotopic (exact) mass is 1670 g/mol. The van der Waals surface area contributed by atoms with Crippen LogP contribution in [0, 0.1) is 17.4 Å². The maximum Gasteiger partial charge on any atom is 0.0462 e. The van der Waals surface area contributed by atoms with Gasteiger partial charge in [0.05, 0.1) is 0 Å². The van der Waals surface area contributed by atoms with Crippen molar-refractivity contribution in [2.24, 2.45) is 0 Å². The van der Waals surface area contributed by atoms with E-state index < -0.39 is 0 Å². The van der Waals surface area contributed by atoms with Crippen molar-refractivity contribution >= 4 is 126 Å². The average molecular weight is 1670 g/mol. The van der Waals surface area contributed by atoms with Crippen LogP contribution in [0.2, 0.25) is 0 Å². The van der Waals surface area contributed by atoms with E-state index >= 15 is 0 Å². The van der Waals surface area contributed by atoms with Crippen LogP contribution < -0.4 is 9.80 Å². The molecule has 2 nitrogen and oxygen atoms in total. The molecule has 0 spiro atoms. The van der Waals surface area contributed by atoms with Crippen LogP contribution in [-0.4, -0.2) is 0 Å². The second-order valence-electron chi connectivity index (χ2n) is 27.2. The first-order chi connectivity index (χ1) is 51.9. The Kier molecular flexibility index (Phi) is 22.0. The molecule has 16 aromatic carbocycles. The first kappa shape index (κ1) is 71.4. The van der Waals surface area contributed by atoms with Crippen LogP contribution in [0.15, 0.2) is 365 Å². The largest absolute Gasteiger partial charge is 0.311 e. The molecule has 0 radical (unpaired) electrons. The molecule has 0 unspecified atom stereocenters. The number of nitrogens with zero attached hydrogens (tertiary/aromatic N) is 2. The van der Waals surface area contributed by atoms with Crippen LogP contribution in [0.4, 0.5) is 34.1 Å². The lowest BCUT2D eigenvalue weighted by Gasteiger charge is -2.26. The van der Waals surface area contributed by atoms with E-state index in [9.17, 15) is 0 Å². The van der Waals surface area contributed by atoms with Crippen molar-refractivity contribution in [2.75, 3.05) is 9.80 Å². The first-order valence-corrected chi connectivity index (χ1v) is 39.8. The van der Waals surface area contributed by atoms with Crippen LogP contribution in [0.25, 0.3) is 111 Å². The van der Waals surface area contributed by atoms with E-state index in [2.05, 4.69) is 460 Å². The topological polar surface area (TPSA) is 6.48 Å². The van der Waals surface area contributed by atoms with Crippen molar-refractivity contribution < 1.29 is 0 Å². The van der Waals surface area contributed by atoms with Gasteiger partial charge >= 0.3 is 0 Å². The van der Waals surface area contributed by atoms with Gasteiger partial charge in [0.15, 0.2) is 0 Å². The van der Waals surface area contributed by atoms with E-state index in [1.807, 2.05) is 0 Å². The summed E-state index contributed by atoms with van der Waals surface area (Å²) in [4.78, 5) is 4.74. The fourth-order valence-electron chi connectivity index (χ4n) is 14.7. The summed E-state index contributed by atoms with van der Waals surface area (Å²) in [5, 5.41) is 4.94. The highest BCUT2D eigenvalue weighted by atomic mass is 127. The Hall–Kier alpha value is -10.2. The minimum Gasteiger partial charge on any atom is -0.311 e. The third-order valence-electron chi connectivity index (χ3n) is 20.1. The SMILES string of the molecule is Brc1ccc(-c2ccc(I)cc2)cc1.CCCc1ccc(-c2ccc(N(c3ccc(-c4ccc(Br)cc4)cc3)c3ccc(-c4cc(C)c(-c5c(C)cc(-c6ccc(N(c7ccc(-c8ccc(Br)cc8)cc7)c7ccc(-c8ccc(CCC)cc8)cc7)cc6)c6ccccc56)c5ccccc45)cc3)cc2)cc1. The molecular weight excluding hydrogens is 1600 g/mol. The first-order valence-electron chi connectivity index (χ1n) is 36.4. The van der Waals surface area contributed by atoms with Crippen LogP contribution in [0.5, 0.6) is 0 Å². The normalized spacial score (nSPS) is 11.2. The molecule has 516 valence electrons. The van der Waals surface area contributed by atoms with Crippen LogP contribution >= 0.6 is 70.4 Å². The molecule has 0 atom stereocenters. The summed E-state index contributed by atoms with van der Waals surface area (Å²) in [5.74, 6) is 0. The number of hydrogen-bond donors (Lipinski definition) is 0. The third-order valence-corrected chi connectivity index (χ3v) is 22.4. The fourth-order valence-corrected chi connectivity index (χ4v) is 15.9. The van der Waals surface area contributed by atoms with Crippen LogP contribution in [0.1, 0.15) is 48.9 Å². The van der Waals surface area contributed by atoms with Gasteiger partial charge in [0.2, 0.25) is 0 Å². The number of aryl methyl sites for hydroxylation is 4. The summed E-state index contributed by atoms with van der Waals surface area (Å²) in [7, 11) is 0. The second kappa shape index (κ2) is 32.7. The molecule has 0 aliphatic heterocycles. The lowest BCUT2D eigenvalue weighted by atomic mass is 9.83. The molecular formula is C100H78Br3IN2. The third kappa shape index (κ3) is 15.8. The molecule has 0 saturated heterocycles. The smallest absolute Gasteiger partial charge is 0.0462 e. The van der Waals surface area contributed by atoms with Gasteiger partial charge in [-0.25, -0.2) is 0 Å². The van der Waals surface area contributed by atoms with Crippen LogP contribution in [0.3, 0.4) is 0 Å². The minimum absolute atomic E-state index is 1.07. The number of anilines is 6. The Bertz CT molecular complexity index is 5330. The van der Waals surface area contributed by atoms with Gasteiger partial charge in [-0.05, 0) is 303 Å². The number of benzene rings is 16. The molecule has 16 rings (SSSR count). The summed E-state index contributed by atoms with van der Waals surface area (Å²) in [6.07, 6.45) is 4.48. The Labute approximate surface area is 663 Å². The second-order valence-corrected chi connectivity index (χ2v) is 31.2. The Morgan fingerprint density at radius 2 is 0.453 bits per heavy atom. The quantitative estimate of drug-likeness (QED) is 0.0790. The fraction of sp³-hybridized carbons (Fsp3) is 0.0800. The lowest BCUT2D eigenvalue weighted by Crippen LogP contribution is -2.09. The van der Waals surface area contributed by atoms with Gasteiger partial charge in [-0.1, -0.05) is 305 Å². The maximum absolute atomic E-state index is 3.62. The van der Waals surface area contributed by atoms with Gasteiger partial charge < -0.3 is 9.80 Å². The highest BCUT2D eigenvalue weighted by molar-refractivity contribution is 14.1. The summed E-state index contributed by atoms with van der Waals surface area (Å²) in [6.45, 7) is 9.06. The Balaban J connectivity index is 0.000000575. The highest BCUT2D eigenvalue weighted by Gasteiger charge is 2.22. The molecule has 0 saturated carbocycles. The van der Waals surface area contributed by atoms with Crippen molar-refractivity contribution in [2.45, 2.75) is 53.4 Å². The summed E-state index contributed by atoms with van der Waals surface area (Å²) < 4.78 is 4.53. The number of fused-ring (bicyclic) bond motifs is 2. The van der Waals surface area contributed by atoms with Crippen molar-refractivity contribution in [3.8, 4) is 89.0 Å². The number of hydrogen-bond acceptors (Lipinski definition) is 2. The summed E-state index contributed by atoms with van der Waals surface area (Å²) >= 11 is 13.0. The zero-order chi connectivity index (χ0) is 72.6. The number of halogens is 4. The van der Waals surface area contributed by atoms with Crippen molar-refractivity contribution in [3.63, 3.8) is 0 Å². The van der Waals surface area contributed by atoms with Gasteiger partial charge in [-0.15, -0.1) is 0 Å². The lowest BCUT2D eigenvalue weighted by molar-refractivity contribution is 0.922. The van der Waals surface area contributed by atoms with E-state index in [0.717, 1.165) is 73.2 Å². The molecule has 106 heavy (non-hydrogen) atoms. The Morgan fingerprint density at radius 3 is 0.698 bits per heavy atom. The highest BCUT2D eigenvalue weighted by Crippen LogP contribution is 2.47. The molecule has 0 aliphatic rings. The van der Waals surface area contributed by atoms with E-state index in [-0.39, 0.29) is 0 Å². The van der Waals surface area contributed by atoms with Crippen molar-refractivity contribution in [1.29, 1.82) is 0 Å². The minimum atomic E-state index is 1.07. The summed E-state index contributed by atoms with van der Waals surface area (Å²) in [6, 6.07) is 129. The number of rotatable bonds is 18. The standard InChI is InChI=1S/C88H70Br2N2.C12H8BrI/c1-5-11-61-17-21-63(22-18-61)67-29-45-75(46-30-67)91(77-49-33-69(34-50-77)65-25-41-73(89)42-26-65)79-53-37-71(38-54-79)85-57-59(3)87(83-15-9-7-13-81(83)85)88-60(4)58-86(82-14-8-10-16-84(82)88)72-39-55-80(56-40-72)92(78-51-35-70(36-52-78)66-27-43-74(90)44-28-66)76-47-31-68(32-48-76)64-23-19-62(12-6-2)20-24-64;13-11-5-1-9(2-6-11)10-3-7-12(14)8-4-10/h7-10,13-58H,5-6,11-12H2,1-4H3;1-8H. The molecule has 0 aromatic heterocycles. The molecule has 0 heterocycles. The average Bonchev–Trinajstić information content (AvgIpc) is 0.735. The zero-order valence-corrected chi connectivity index (χ0v) is 66.6. The van der Waals surface area contributed by atoms with Gasteiger partial charge in [0.25, 0.3) is 0 Å². The zero-order valence-electron chi connectivity index (χ0n) is 59.7. The molecule has 6 heteroatoms. The molecule has 0 amide bonds. The van der Waals surface area contributed by atoms with Crippen LogP contribution in [-0.2, 0) is 12.8 Å². The predicted octanol–water partition coefficient (Wildman–Crippen LogP) is 31.4. The molecule has 0 bridgehead atoms. The summed E-state index contributed by atoms with van der Waals surface area (Å²) in [5.41, 5.74) is 31.2. The maximum atomic E-state index is 3.62. The van der Waals surface area contributed by atoms with Gasteiger partial charge in [0.1, 0.15) is 0 Å². The van der Waals surface area contributed by atoms with Crippen molar-refractivity contribution in [1.82, 2.24) is 0 Å². The molecule has 0 aliphatic carbocycles. The van der Waals surface area contributed by atoms with Gasteiger partial charge in [-0.3, -0.25) is 0 Å². The Morgan fingerprint density at radius 1 is 0.245 bits per heavy atom. The molecule has 0 fully saturated rings. The van der Waals surface area contributed by atoms with E-state index in [4.69, 9.17) is 0 Å². The van der Waals surface area contributed by atoms with E-state index in [1.54, 1.807) is 0 Å².